The molecule has 0 bridgehead atoms. The highest BCUT2D eigenvalue weighted by atomic mass is 127. The van der Waals surface area contributed by atoms with Gasteiger partial charge in [0, 0.05) is 32.7 Å². The number of guanidine groups is 1. The average molecular weight is 560 g/mol. The number of aliphatic imine (C=N–C) groups is 1. The molecule has 0 spiro atoms. The number of halogens is 4. The summed E-state index contributed by atoms with van der Waals surface area (Å²) in [6, 6.07) is 5.79. The molecule has 1 aliphatic rings. The average Bonchev–Trinajstić information content (AvgIpc) is 2.67. The molecule has 31 heavy (non-hydrogen) atoms. The third-order valence-electron chi connectivity index (χ3n) is 4.45. The summed E-state index contributed by atoms with van der Waals surface area (Å²) >= 11 is 0. The van der Waals surface area contributed by atoms with Gasteiger partial charge < -0.3 is 25.2 Å². The summed E-state index contributed by atoms with van der Waals surface area (Å²) in [6.45, 7) is 8.62. The van der Waals surface area contributed by atoms with E-state index >= 15 is 0 Å². The van der Waals surface area contributed by atoms with Gasteiger partial charge >= 0.3 is 6.36 Å². The van der Waals surface area contributed by atoms with Gasteiger partial charge in [0.2, 0.25) is 0 Å². The molecule has 1 aromatic rings. The van der Waals surface area contributed by atoms with Crippen LogP contribution in [0.15, 0.2) is 29.3 Å². The highest BCUT2D eigenvalue weighted by molar-refractivity contribution is 14.0. The zero-order valence-corrected chi connectivity index (χ0v) is 20.2. The van der Waals surface area contributed by atoms with Crippen molar-refractivity contribution in [1.29, 1.82) is 0 Å². The fourth-order valence-electron chi connectivity index (χ4n) is 3.07. The predicted octanol–water partition coefficient (Wildman–Crippen LogP) is 2.38. The van der Waals surface area contributed by atoms with Gasteiger partial charge in [0.05, 0.1) is 25.4 Å². The first kappa shape index (κ1) is 27.7. The van der Waals surface area contributed by atoms with Gasteiger partial charge in [0.25, 0.3) is 0 Å². The molecule has 0 aliphatic carbocycles. The Labute approximate surface area is 198 Å². The summed E-state index contributed by atoms with van der Waals surface area (Å²) in [4.78, 5) is 6.64. The Balaban J connectivity index is 0.00000480. The van der Waals surface area contributed by atoms with Gasteiger partial charge in [0.1, 0.15) is 5.75 Å². The van der Waals surface area contributed by atoms with Crippen LogP contribution in [0, 0.1) is 0 Å². The van der Waals surface area contributed by atoms with Crippen molar-refractivity contribution in [2.24, 2.45) is 4.99 Å². The maximum Gasteiger partial charge on any atom is 0.573 e. The number of ether oxygens (including phenoxy) is 2. The molecule has 7 nitrogen and oxygen atoms in total. The van der Waals surface area contributed by atoms with Crippen LogP contribution in [0.5, 0.6) is 5.75 Å². The summed E-state index contributed by atoms with van der Waals surface area (Å²) < 4.78 is 45.8. The van der Waals surface area contributed by atoms with Crippen LogP contribution in [-0.4, -0.2) is 80.4 Å². The molecule has 1 atom stereocenters. The molecular formula is C20H32F3IN4O3. The first-order valence-electron chi connectivity index (χ1n) is 10.1. The summed E-state index contributed by atoms with van der Waals surface area (Å²) in [7, 11) is 0. The molecule has 1 aliphatic heterocycles. The molecular weight excluding hydrogens is 528 g/mol. The summed E-state index contributed by atoms with van der Waals surface area (Å²) in [6.07, 6.45) is -4.09. The molecule has 0 amide bonds. The number of nitrogens with zero attached hydrogens (tertiary/aromatic N) is 2. The number of hydrogen-bond acceptors (Lipinski definition) is 5. The van der Waals surface area contributed by atoms with Crippen molar-refractivity contribution in [3.05, 3.63) is 29.8 Å². The van der Waals surface area contributed by atoms with Gasteiger partial charge in [-0.05, 0) is 38.0 Å². The van der Waals surface area contributed by atoms with Gasteiger partial charge in [-0.1, -0.05) is 12.1 Å². The van der Waals surface area contributed by atoms with E-state index in [0.717, 1.165) is 18.7 Å². The first-order valence-corrected chi connectivity index (χ1v) is 10.1. The molecule has 1 fully saturated rings. The van der Waals surface area contributed by atoms with Crippen molar-refractivity contribution < 1.29 is 27.8 Å². The van der Waals surface area contributed by atoms with Gasteiger partial charge in [0.15, 0.2) is 5.96 Å². The minimum absolute atomic E-state index is 0. The van der Waals surface area contributed by atoms with E-state index in [1.54, 1.807) is 19.1 Å². The standard InChI is InChI=1S/C20H31F3N4O3.HI/c1-3-24-18(26-14-19(2,28)15-27-10-12-29-13-11-27)25-9-8-16-4-6-17(7-5-16)30-20(21,22)23;/h4-7,28H,3,8-15H2,1-2H3,(H2,24,25,26);1H. The van der Waals surface area contributed by atoms with Crippen LogP contribution in [0.25, 0.3) is 0 Å². The lowest BCUT2D eigenvalue weighted by atomic mass is 10.1. The van der Waals surface area contributed by atoms with Crippen molar-refractivity contribution in [3.63, 3.8) is 0 Å². The maximum atomic E-state index is 12.2. The van der Waals surface area contributed by atoms with Crippen molar-refractivity contribution in [1.82, 2.24) is 15.5 Å². The second-order valence-electron chi connectivity index (χ2n) is 7.45. The third kappa shape index (κ3) is 11.8. The molecule has 1 heterocycles. The van der Waals surface area contributed by atoms with Crippen molar-refractivity contribution in [2.45, 2.75) is 32.2 Å². The molecule has 0 saturated carbocycles. The van der Waals surface area contributed by atoms with E-state index in [0.29, 0.717) is 45.2 Å². The monoisotopic (exact) mass is 560 g/mol. The molecule has 11 heteroatoms. The number of β-amino-alcohol motifs (C(OH)–C–C–N with tert-alkyl or cyclic N) is 1. The van der Waals surface area contributed by atoms with Crippen LogP contribution in [0.2, 0.25) is 0 Å². The molecule has 178 valence electrons. The highest BCUT2D eigenvalue weighted by Gasteiger charge is 2.31. The Kier molecular flexibility index (Phi) is 11.9. The topological polar surface area (TPSA) is 78.4 Å². The molecule has 3 N–H and O–H groups in total. The Morgan fingerprint density at radius 3 is 2.42 bits per heavy atom. The number of morpholine rings is 1. The van der Waals surface area contributed by atoms with Crippen LogP contribution in [-0.2, 0) is 11.2 Å². The van der Waals surface area contributed by atoms with E-state index in [-0.39, 0.29) is 36.3 Å². The van der Waals surface area contributed by atoms with Gasteiger partial charge in [-0.15, -0.1) is 37.1 Å². The van der Waals surface area contributed by atoms with Gasteiger partial charge in [-0.25, -0.2) is 0 Å². The van der Waals surface area contributed by atoms with Crippen molar-refractivity contribution in [2.75, 3.05) is 52.5 Å². The van der Waals surface area contributed by atoms with E-state index in [2.05, 4.69) is 25.3 Å². The van der Waals surface area contributed by atoms with Gasteiger partial charge in [-0.3, -0.25) is 9.89 Å². The number of alkyl halides is 3. The number of hydrogen-bond donors (Lipinski definition) is 3. The van der Waals surface area contributed by atoms with E-state index in [1.807, 2.05) is 6.92 Å². The van der Waals surface area contributed by atoms with E-state index < -0.39 is 12.0 Å². The lowest BCUT2D eigenvalue weighted by Gasteiger charge is -2.33. The molecule has 0 radical (unpaired) electrons. The zero-order chi connectivity index (χ0) is 22.0. The largest absolute Gasteiger partial charge is 0.573 e. The fraction of sp³-hybridized carbons (Fsp3) is 0.650. The summed E-state index contributed by atoms with van der Waals surface area (Å²) in [5.41, 5.74) is -0.0965. The van der Waals surface area contributed by atoms with E-state index in [9.17, 15) is 18.3 Å². The van der Waals surface area contributed by atoms with Crippen LogP contribution < -0.4 is 15.4 Å². The number of nitrogens with one attached hydrogen (secondary N) is 2. The summed E-state index contributed by atoms with van der Waals surface area (Å²) in [5.74, 6) is 0.341. The van der Waals surface area contributed by atoms with Crippen LogP contribution in [0.1, 0.15) is 19.4 Å². The normalized spacial score (nSPS) is 17.4. The lowest BCUT2D eigenvalue weighted by Crippen LogP contribution is -2.48. The van der Waals surface area contributed by atoms with Crippen LogP contribution in [0.4, 0.5) is 13.2 Å². The van der Waals surface area contributed by atoms with Crippen LogP contribution in [0.3, 0.4) is 0 Å². The molecule has 2 rings (SSSR count). The van der Waals surface area contributed by atoms with Crippen molar-refractivity contribution >= 4 is 29.9 Å². The summed E-state index contributed by atoms with van der Waals surface area (Å²) in [5, 5.41) is 17.0. The van der Waals surface area contributed by atoms with E-state index in [4.69, 9.17) is 4.74 Å². The molecule has 1 saturated heterocycles. The van der Waals surface area contributed by atoms with Crippen LogP contribution >= 0.6 is 24.0 Å². The van der Waals surface area contributed by atoms with E-state index in [1.165, 1.54) is 12.1 Å². The number of aliphatic hydroxyl groups is 1. The first-order chi connectivity index (χ1) is 14.2. The SMILES string of the molecule is CCNC(=NCC(C)(O)CN1CCOCC1)NCCc1ccc(OC(F)(F)F)cc1.I. The fourth-order valence-corrected chi connectivity index (χ4v) is 3.07. The quantitative estimate of drug-likeness (QED) is 0.245. The maximum absolute atomic E-state index is 12.2. The second-order valence-corrected chi connectivity index (χ2v) is 7.45. The Bertz CT molecular complexity index is 667. The number of rotatable bonds is 9. The van der Waals surface area contributed by atoms with Crippen molar-refractivity contribution in [3.8, 4) is 5.75 Å². The smallest absolute Gasteiger partial charge is 0.406 e. The highest BCUT2D eigenvalue weighted by Crippen LogP contribution is 2.22. The Morgan fingerprint density at radius 2 is 1.84 bits per heavy atom. The molecule has 1 unspecified atom stereocenters. The zero-order valence-electron chi connectivity index (χ0n) is 17.9. The Hall–Kier alpha value is -1.31. The number of benzene rings is 1. The minimum Gasteiger partial charge on any atom is -0.406 e. The predicted molar refractivity (Wildman–Crippen MR) is 124 cm³/mol. The third-order valence-corrected chi connectivity index (χ3v) is 4.45. The molecule has 1 aromatic carbocycles. The molecule has 0 aromatic heterocycles. The Morgan fingerprint density at radius 1 is 1.19 bits per heavy atom. The second kappa shape index (κ2) is 13.3. The minimum atomic E-state index is -4.69. The lowest BCUT2D eigenvalue weighted by molar-refractivity contribution is -0.274. The van der Waals surface area contributed by atoms with Gasteiger partial charge in [-0.2, -0.15) is 0 Å².